The Morgan fingerprint density at radius 2 is 1.70 bits per heavy atom. The molecule has 5 heteroatoms. The molecule has 0 aliphatic heterocycles. The van der Waals surface area contributed by atoms with Crippen molar-refractivity contribution in [2.24, 2.45) is 0 Å². The van der Waals surface area contributed by atoms with Crippen LogP contribution in [-0.4, -0.2) is 12.0 Å². The van der Waals surface area contributed by atoms with E-state index in [1.54, 1.807) is 25.1 Å². The van der Waals surface area contributed by atoms with Crippen molar-refractivity contribution in [3.05, 3.63) is 57.1 Å². The fourth-order valence-electron chi connectivity index (χ4n) is 2.42. The Morgan fingerprint density at radius 3 is 2.26 bits per heavy atom. The maximum Gasteiger partial charge on any atom is 0.265 e. The lowest BCUT2D eigenvalue weighted by Crippen LogP contribution is -2.30. The van der Waals surface area contributed by atoms with Crippen molar-refractivity contribution < 1.29 is 9.53 Å². The molecular weight excluding hydrogens is 333 g/mol. The van der Waals surface area contributed by atoms with Crippen LogP contribution in [0.4, 0.5) is 5.69 Å². The van der Waals surface area contributed by atoms with Crippen LogP contribution in [0.3, 0.4) is 0 Å². The van der Waals surface area contributed by atoms with Crippen LogP contribution in [0.1, 0.15) is 23.6 Å². The lowest BCUT2D eigenvalue weighted by Gasteiger charge is -2.18. The highest BCUT2D eigenvalue weighted by molar-refractivity contribution is 6.35. The van der Waals surface area contributed by atoms with E-state index in [2.05, 4.69) is 5.32 Å². The zero-order valence-corrected chi connectivity index (χ0v) is 15.0. The van der Waals surface area contributed by atoms with Gasteiger partial charge in [0.25, 0.3) is 5.91 Å². The first-order valence-corrected chi connectivity index (χ1v) is 8.04. The topological polar surface area (TPSA) is 38.3 Å². The highest BCUT2D eigenvalue weighted by Crippen LogP contribution is 2.29. The van der Waals surface area contributed by atoms with Gasteiger partial charge >= 0.3 is 0 Å². The van der Waals surface area contributed by atoms with Gasteiger partial charge < -0.3 is 10.1 Å². The number of ether oxygens (including phenoxy) is 1. The smallest absolute Gasteiger partial charge is 0.265 e. The van der Waals surface area contributed by atoms with Gasteiger partial charge in [0, 0.05) is 10.7 Å². The zero-order chi connectivity index (χ0) is 17.1. The highest BCUT2D eigenvalue weighted by Gasteiger charge is 2.18. The van der Waals surface area contributed by atoms with Crippen molar-refractivity contribution in [3.63, 3.8) is 0 Å². The summed E-state index contributed by atoms with van der Waals surface area (Å²) in [5.41, 5.74) is 4.02. The summed E-state index contributed by atoms with van der Waals surface area (Å²) in [6, 6.07) is 8.96. The van der Waals surface area contributed by atoms with E-state index in [4.69, 9.17) is 27.9 Å². The summed E-state index contributed by atoms with van der Waals surface area (Å²) in [5, 5.41) is 3.82. The number of benzene rings is 2. The van der Waals surface area contributed by atoms with Crippen molar-refractivity contribution in [1.29, 1.82) is 0 Å². The van der Waals surface area contributed by atoms with Gasteiger partial charge in [-0.2, -0.15) is 0 Å². The van der Waals surface area contributed by atoms with E-state index in [-0.39, 0.29) is 5.91 Å². The van der Waals surface area contributed by atoms with Crippen molar-refractivity contribution in [2.75, 3.05) is 5.32 Å². The van der Waals surface area contributed by atoms with Gasteiger partial charge in [0.15, 0.2) is 6.10 Å². The van der Waals surface area contributed by atoms with Crippen LogP contribution in [0.15, 0.2) is 30.3 Å². The number of rotatable bonds is 4. The second-order valence-corrected chi connectivity index (χ2v) is 6.44. The summed E-state index contributed by atoms with van der Waals surface area (Å²) in [5.74, 6) is 0.196. The Labute approximate surface area is 146 Å². The number of amides is 1. The highest BCUT2D eigenvalue weighted by atomic mass is 35.5. The van der Waals surface area contributed by atoms with E-state index >= 15 is 0 Å². The summed E-state index contributed by atoms with van der Waals surface area (Å²) >= 11 is 11.9. The van der Waals surface area contributed by atoms with Gasteiger partial charge in [-0.1, -0.05) is 40.9 Å². The summed E-state index contributed by atoms with van der Waals surface area (Å²) in [6.07, 6.45) is -0.686. The van der Waals surface area contributed by atoms with E-state index < -0.39 is 6.10 Å². The zero-order valence-electron chi connectivity index (χ0n) is 13.5. The number of hydrogen-bond donors (Lipinski definition) is 1. The van der Waals surface area contributed by atoms with Crippen molar-refractivity contribution in [3.8, 4) is 5.75 Å². The SMILES string of the molecule is Cc1cc(C)c(NC(=O)[C@H](C)Oc2ccc(Cl)cc2Cl)c(C)c1. The number of aryl methyl sites for hydroxylation is 3. The van der Waals surface area contributed by atoms with Gasteiger partial charge in [0.2, 0.25) is 0 Å². The Balaban J connectivity index is 2.11. The summed E-state index contributed by atoms with van der Waals surface area (Å²) in [4.78, 5) is 12.4. The summed E-state index contributed by atoms with van der Waals surface area (Å²) in [6.45, 7) is 7.65. The van der Waals surface area contributed by atoms with Gasteiger partial charge in [0.1, 0.15) is 5.75 Å². The Hall–Kier alpha value is -1.71. The minimum absolute atomic E-state index is 0.230. The van der Waals surface area contributed by atoms with Gasteiger partial charge in [0.05, 0.1) is 5.02 Å². The van der Waals surface area contributed by atoms with Crippen LogP contribution >= 0.6 is 23.2 Å². The predicted octanol–water partition coefficient (Wildman–Crippen LogP) is 5.32. The van der Waals surface area contributed by atoms with Crippen LogP contribution < -0.4 is 10.1 Å². The van der Waals surface area contributed by atoms with E-state index in [0.29, 0.717) is 15.8 Å². The first kappa shape index (κ1) is 17.6. The number of carbonyl (C=O) groups is 1. The van der Waals surface area contributed by atoms with E-state index in [0.717, 1.165) is 22.4 Å². The molecule has 0 aliphatic carbocycles. The molecule has 23 heavy (non-hydrogen) atoms. The molecule has 1 N–H and O–H groups in total. The maximum atomic E-state index is 12.4. The molecule has 0 saturated carbocycles. The van der Waals surface area contributed by atoms with E-state index in [1.165, 1.54) is 0 Å². The molecule has 0 saturated heterocycles. The average molecular weight is 352 g/mol. The third-order valence-electron chi connectivity index (χ3n) is 3.49. The van der Waals surface area contributed by atoms with Crippen molar-refractivity contribution in [1.82, 2.24) is 0 Å². The monoisotopic (exact) mass is 351 g/mol. The molecule has 1 amide bonds. The average Bonchev–Trinajstić information content (AvgIpc) is 2.45. The van der Waals surface area contributed by atoms with Crippen molar-refractivity contribution in [2.45, 2.75) is 33.8 Å². The molecule has 2 aromatic rings. The fourth-order valence-corrected chi connectivity index (χ4v) is 2.87. The van der Waals surface area contributed by atoms with Crippen LogP contribution in [0, 0.1) is 20.8 Å². The molecule has 0 spiro atoms. The Bertz CT molecular complexity index is 721. The number of halogens is 2. The van der Waals surface area contributed by atoms with Gasteiger partial charge in [-0.3, -0.25) is 4.79 Å². The lowest BCUT2D eigenvalue weighted by molar-refractivity contribution is -0.122. The Morgan fingerprint density at radius 1 is 1.09 bits per heavy atom. The van der Waals surface area contributed by atoms with E-state index in [1.807, 2.05) is 32.9 Å². The van der Waals surface area contributed by atoms with E-state index in [9.17, 15) is 4.79 Å². The van der Waals surface area contributed by atoms with Gasteiger partial charge in [-0.25, -0.2) is 0 Å². The van der Waals surface area contributed by atoms with Crippen LogP contribution in [0.2, 0.25) is 10.0 Å². The standard InChI is InChI=1S/C18H19Cl2NO2/c1-10-7-11(2)17(12(3)8-10)21-18(22)13(4)23-16-6-5-14(19)9-15(16)20/h5-9,13H,1-4H3,(H,21,22)/t13-/m0/s1. The second-order valence-electron chi connectivity index (χ2n) is 5.60. The molecule has 0 heterocycles. The molecular formula is C18H19Cl2NO2. The molecule has 0 unspecified atom stereocenters. The molecule has 2 rings (SSSR count). The normalized spacial score (nSPS) is 11.9. The fraction of sp³-hybridized carbons (Fsp3) is 0.278. The number of anilines is 1. The van der Waals surface area contributed by atoms with Gasteiger partial charge in [-0.15, -0.1) is 0 Å². The van der Waals surface area contributed by atoms with Gasteiger partial charge in [-0.05, 0) is 57.0 Å². The van der Waals surface area contributed by atoms with Crippen LogP contribution in [0.5, 0.6) is 5.75 Å². The van der Waals surface area contributed by atoms with Crippen LogP contribution in [0.25, 0.3) is 0 Å². The molecule has 0 bridgehead atoms. The third-order valence-corrected chi connectivity index (χ3v) is 4.02. The lowest BCUT2D eigenvalue weighted by atomic mass is 10.0. The Kier molecular flexibility index (Phi) is 5.55. The maximum absolute atomic E-state index is 12.4. The molecule has 2 aromatic carbocycles. The number of carbonyl (C=O) groups excluding carboxylic acids is 1. The molecule has 122 valence electrons. The molecule has 0 radical (unpaired) electrons. The number of nitrogens with one attached hydrogen (secondary N) is 1. The van der Waals surface area contributed by atoms with Crippen LogP contribution in [-0.2, 0) is 4.79 Å². The molecule has 0 fully saturated rings. The van der Waals surface area contributed by atoms with Crippen molar-refractivity contribution >= 4 is 34.8 Å². The first-order valence-electron chi connectivity index (χ1n) is 7.28. The molecule has 1 atom stereocenters. The molecule has 3 nitrogen and oxygen atoms in total. The number of hydrogen-bond acceptors (Lipinski definition) is 2. The summed E-state index contributed by atoms with van der Waals surface area (Å²) < 4.78 is 5.63. The first-order chi connectivity index (χ1) is 10.8. The predicted molar refractivity (Wildman–Crippen MR) is 95.8 cm³/mol. The molecule has 0 aliphatic rings. The minimum Gasteiger partial charge on any atom is -0.479 e. The quantitative estimate of drug-likeness (QED) is 0.808. The molecule has 0 aromatic heterocycles. The summed E-state index contributed by atoms with van der Waals surface area (Å²) in [7, 11) is 0. The third kappa shape index (κ3) is 4.40. The minimum atomic E-state index is -0.686. The largest absolute Gasteiger partial charge is 0.479 e. The second kappa shape index (κ2) is 7.24.